The number of likely N-dealkylation sites (tertiary alicyclic amines) is 1. The predicted octanol–water partition coefficient (Wildman–Crippen LogP) is 3.43. The van der Waals surface area contributed by atoms with Crippen LogP contribution >= 0.6 is 0 Å². The largest absolute Gasteiger partial charge is 0.466 e. The van der Waals surface area contributed by atoms with Gasteiger partial charge >= 0.3 is 5.97 Å². The van der Waals surface area contributed by atoms with Gasteiger partial charge in [-0.2, -0.15) is 5.26 Å². The molecule has 1 aromatic carbocycles. The third-order valence-corrected chi connectivity index (χ3v) is 4.99. The van der Waals surface area contributed by atoms with Gasteiger partial charge in [0.15, 0.2) is 0 Å². The first-order valence-electron chi connectivity index (χ1n) is 9.98. The summed E-state index contributed by atoms with van der Waals surface area (Å²) in [5, 5.41) is 12.4. The van der Waals surface area contributed by atoms with Crippen LogP contribution in [0.15, 0.2) is 30.0 Å². The van der Waals surface area contributed by atoms with Crippen molar-refractivity contribution >= 4 is 17.6 Å². The SMILES string of the molecule is CCOC(=O)C1CCCN(/C=C(/C#N)C(=O)Nc2c(CC)cccc2CC)C1. The Kier molecular flexibility index (Phi) is 8.06. The van der Waals surface area contributed by atoms with Gasteiger partial charge in [-0.3, -0.25) is 9.59 Å². The highest BCUT2D eigenvalue weighted by molar-refractivity contribution is 6.07. The van der Waals surface area contributed by atoms with E-state index in [2.05, 4.69) is 5.32 Å². The summed E-state index contributed by atoms with van der Waals surface area (Å²) in [7, 11) is 0. The molecule has 6 heteroatoms. The molecule has 1 aromatic rings. The van der Waals surface area contributed by atoms with E-state index in [1.165, 1.54) is 0 Å². The van der Waals surface area contributed by atoms with E-state index in [-0.39, 0.29) is 17.5 Å². The normalized spacial score (nSPS) is 17.0. The van der Waals surface area contributed by atoms with Crippen LogP contribution in [0.5, 0.6) is 0 Å². The molecule has 1 fully saturated rings. The number of anilines is 1. The molecular formula is C22H29N3O3. The quantitative estimate of drug-likeness (QED) is 0.443. The molecule has 0 aliphatic carbocycles. The summed E-state index contributed by atoms with van der Waals surface area (Å²) in [4.78, 5) is 26.6. The Bertz CT molecular complexity index is 757. The first kappa shape index (κ1) is 21.5. The fourth-order valence-electron chi connectivity index (χ4n) is 3.48. The van der Waals surface area contributed by atoms with Crippen molar-refractivity contribution < 1.29 is 14.3 Å². The number of nitrogens with zero attached hydrogens (tertiary/aromatic N) is 2. The van der Waals surface area contributed by atoms with Crippen molar-refractivity contribution in [1.82, 2.24) is 4.90 Å². The van der Waals surface area contributed by atoms with Gasteiger partial charge in [-0.15, -0.1) is 0 Å². The average molecular weight is 383 g/mol. The summed E-state index contributed by atoms with van der Waals surface area (Å²) in [6, 6.07) is 7.96. The van der Waals surface area contributed by atoms with Crippen LogP contribution in [-0.4, -0.2) is 36.5 Å². The fraction of sp³-hybridized carbons (Fsp3) is 0.500. The Morgan fingerprint density at radius 2 is 1.96 bits per heavy atom. The van der Waals surface area contributed by atoms with Crippen LogP contribution in [0.25, 0.3) is 0 Å². The van der Waals surface area contributed by atoms with Gasteiger partial charge in [0.1, 0.15) is 11.6 Å². The molecule has 1 aliphatic heterocycles. The summed E-state index contributed by atoms with van der Waals surface area (Å²) in [6.45, 7) is 7.38. The maximum absolute atomic E-state index is 12.8. The number of nitriles is 1. The number of ether oxygens (including phenoxy) is 1. The third-order valence-electron chi connectivity index (χ3n) is 4.99. The maximum Gasteiger partial charge on any atom is 0.310 e. The van der Waals surface area contributed by atoms with Crippen molar-refractivity contribution in [3.8, 4) is 6.07 Å². The van der Waals surface area contributed by atoms with Crippen LogP contribution in [0.3, 0.4) is 0 Å². The number of nitrogens with one attached hydrogen (secondary N) is 1. The summed E-state index contributed by atoms with van der Waals surface area (Å²) in [5.41, 5.74) is 2.93. The summed E-state index contributed by atoms with van der Waals surface area (Å²) in [5.74, 6) is -0.857. The van der Waals surface area contributed by atoms with Gasteiger partial charge in [0, 0.05) is 25.0 Å². The number of hydrogen-bond donors (Lipinski definition) is 1. The molecule has 1 aliphatic rings. The Morgan fingerprint density at radius 3 is 2.54 bits per heavy atom. The van der Waals surface area contributed by atoms with Gasteiger partial charge < -0.3 is 15.0 Å². The molecule has 0 spiro atoms. The second-order valence-corrected chi connectivity index (χ2v) is 6.85. The number of hydrogen-bond acceptors (Lipinski definition) is 5. The highest BCUT2D eigenvalue weighted by Gasteiger charge is 2.26. The molecule has 0 saturated carbocycles. The van der Waals surface area contributed by atoms with Crippen LogP contribution in [0.2, 0.25) is 0 Å². The van der Waals surface area contributed by atoms with E-state index in [9.17, 15) is 14.9 Å². The molecule has 0 radical (unpaired) electrons. The number of esters is 1. The standard InChI is InChI=1S/C22H29N3O3/c1-4-16-9-7-10-17(5-2)20(16)24-21(26)19(13-23)15-25-12-8-11-18(14-25)22(27)28-6-3/h7,9-10,15,18H,4-6,8,11-12,14H2,1-3H3,(H,24,26)/b19-15-. The first-order valence-corrected chi connectivity index (χ1v) is 9.98. The van der Waals surface area contributed by atoms with Crippen LogP contribution in [0.4, 0.5) is 5.69 Å². The van der Waals surface area contributed by atoms with E-state index < -0.39 is 5.91 Å². The molecule has 28 heavy (non-hydrogen) atoms. The van der Waals surface area contributed by atoms with Crippen molar-refractivity contribution in [3.63, 3.8) is 0 Å². The van der Waals surface area contributed by atoms with Crippen molar-refractivity contribution in [2.75, 3.05) is 25.0 Å². The fourth-order valence-corrected chi connectivity index (χ4v) is 3.48. The van der Waals surface area contributed by atoms with Gasteiger partial charge in [0.2, 0.25) is 0 Å². The minimum atomic E-state index is -0.420. The molecule has 1 amide bonds. The molecule has 1 atom stereocenters. The Labute approximate surface area is 167 Å². The number of amides is 1. The van der Waals surface area contributed by atoms with Gasteiger partial charge in [0.05, 0.1) is 12.5 Å². The number of aryl methyl sites for hydroxylation is 2. The van der Waals surface area contributed by atoms with E-state index in [1.807, 2.05) is 43.0 Å². The van der Waals surface area contributed by atoms with E-state index in [4.69, 9.17) is 4.74 Å². The lowest BCUT2D eigenvalue weighted by Gasteiger charge is -2.30. The van der Waals surface area contributed by atoms with Gasteiger partial charge in [-0.25, -0.2) is 0 Å². The predicted molar refractivity (Wildman–Crippen MR) is 108 cm³/mol. The minimum absolute atomic E-state index is 0.0393. The smallest absolute Gasteiger partial charge is 0.310 e. The number of para-hydroxylation sites is 1. The molecule has 1 saturated heterocycles. The molecule has 1 unspecified atom stereocenters. The lowest BCUT2D eigenvalue weighted by Crippen LogP contribution is -2.37. The van der Waals surface area contributed by atoms with E-state index in [1.54, 1.807) is 13.1 Å². The number of piperidine rings is 1. The van der Waals surface area contributed by atoms with E-state index >= 15 is 0 Å². The highest BCUT2D eigenvalue weighted by atomic mass is 16.5. The number of rotatable bonds is 7. The van der Waals surface area contributed by atoms with Crippen LogP contribution < -0.4 is 5.32 Å². The second-order valence-electron chi connectivity index (χ2n) is 6.85. The Balaban J connectivity index is 2.16. The van der Waals surface area contributed by atoms with Crippen LogP contribution in [-0.2, 0) is 27.2 Å². The summed E-state index contributed by atoms with van der Waals surface area (Å²) >= 11 is 0. The van der Waals surface area contributed by atoms with E-state index in [0.29, 0.717) is 19.7 Å². The summed E-state index contributed by atoms with van der Waals surface area (Å²) < 4.78 is 5.11. The van der Waals surface area contributed by atoms with Gasteiger partial charge in [-0.1, -0.05) is 32.0 Å². The maximum atomic E-state index is 12.8. The van der Waals surface area contributed by atoms with Crippen molar-refractivity contribution in [2.45, 2.75) is 46.5 Å². The highest BCUT2D eigenvalue weighted by Crippen LogP contribution is 2.24. The number of carbonyl (C=O) groups is 2. The Morgan fingerprint density at radius 1 is 1.29 bits per heavy atom. The van der Waals surface area contributed by atoms with Crippen molar-refractivity contribution in [2.24, 2.45) is 5.92 Å². The summed E-state index contributed by atoms with van der Waals surface area (Å²) in [6.07, 6.45) is 4.74. The molecular weight excluding hydrogens is 354 g/mol. The number of benzene rings is 1. The van der Waals surface area contributed by atoms with Crippen molar-refractivity contribution in [1.29, 1.82) is 5.26 Å². The lowest BCUT2D eigenvalue weighted by atomic mass is 9.98. The first-order chi connectivity index (χ1) is 13.5. The Hall–Kier alpha value is -2.81. The monoisotopic (exact) mass is 383 g/mol. The molecule has 150 valence electrons. The van der Waals surface area contributed by atoms with Crippen LogP contribution in [0, 0.1) is 17.2 Å². The second kappa shape index (κ2) is 10.5. The lowest BCUT2D eigenvalue weighted by molar-refractivity contribution is -0.149. The third kappa shape index (κ3) is 5.35. The van der Waals surface area contributed by atoms with Gasteiger partial charge in [-0.05, 0) is 43.7 Å². The van der Waals surface area contributed by atoms with Crippen LogP contribution in [0.1, 0.15) is 44.7 Å². The van der Waals surface area contributed by atoms with Gasteiger partial charge in [0.25, 0.3) is 5.91 Å². The molecule has 1 heterocycles. The molecule has 1 N–H and O–H groups in total. The van der Waals surface area contributed by atoms with E-state index in [0.717, 1.165) is 42.5 Å². The minimum Gasteiger partial charge on any atom is -0.466 e. The average Bonchev–Trinajstić information content (AvgIpc) is 2.72. The topological polar surface area (TPSA) is 82.4 Å². The zero-order valence-corrected chi connectivity index (χ0v) is 17.0. The zero-order valence-electron chi connectivity index (χ0n) is 17.0. The number of carbonyl (C=O) groups excluding carboxylic acids is 2. The zero-order chi connectivity index (χ0) is 20.5. The molecule has 0 aromatic heterocycles. The van der Waals surface area contributed by atoms with Crippen molar-refractivity contribution in [3.05, 3.63) is 41.1 Å². The molecule has 6 nitrogen and oxygen atoms in total. The molecule has 0 bridgehead atoms. The molecule has 2 rings (SSSR count).